The van der Waals surface area contributed by atoms with Gasteiger partial charge in [0.1, 0.15) is 9.84 Å². The smallest absolute Gasteiger partial charge is 0.251 e. The maximum Gasteiger partial charge on any atom is 0.251 e. The van der Waals surface area contributed by atoms with Gasteiger partial charge in [0.2, 0.25) is 0 Å². The summed E-state index contributed by atoms with van der Waals surface area (Å²) >= 11 is 0. The van der Waals surface area contributed by atoms with E-state index in [1.54, 1.807) is 23.1 Å². The number of nitrogens with one attached hydrogen (secondary N) is 1. The van der Waals surface area contributed by atoms with Gasteiger partial charge in [0.25, 0.3) is 5.91 Å². The highest BCUT2D eigenvalue weighted by Crippen LogP contribution is 2.25. The lowest BCUT2D eigenvalue weighted by Gasteiger charge is -2.28. The number of benzene rings is 1. The van der Waals surface area contributed by atoms with Crippen LogP contribution in [0.4, 0.5) is 0 Å². The molecule has 0 spiro atoms. The van der Waals surface area contributed by atoms with Crippen LogP contribution in [0.25, 0.3) is 0 Å². The Hall–Kier alpha value is -2.22. The molecular weight excluding hydrogens is 352 g/mol. The quantitative estimate of drug-likeness (QED) is 0.827. The second-order valence-corrected chi connectivity index (χ2v) is 9.27. The van der Waals surface area contributed by atoms with Crippen LogP contribution in [0.2, 0.25) is 0 Å². The molecule has 140 valence electrons. The van der Waals surface area contributed by atoms with Crippen LogP contribution in [0.3, 0.4) is 0 Å². The average Bonchev–Trinajstić information content (AvgIpc) is 3.08. The number of carbonyl (C=O) groups is 1. The molecule has 1 fully saturated rings. The predicted molar refractivity (Wildman–Crippen MR) is 98.5 cm³/mol. The van der Waals surface area contributed by atoms with E-state index >= 15 is 0 Å². The number of nitrogens with zero attached hydrogens (tertiary/aromatic N) is 3. The van der Waals surface area contributed by atoms with E-state index < -0.39 is 9.84 Å². The molecule has 1 aliphatic carbocycles. The van der Waals surface area contributed by atoms with E-state index in [0.717, 1.165) is 31.2 Å². The summed E-state index contributed by atoms with van der Waals surface area (Å²) in [6.45, 7) is 0.567. The molecule has 1 heterocycles. The van der Waals surface area contributed by atoms with Gasteiger partial charge in [-0.2, -0.15) is 0 Å². The fourth-order valence-corrected chi connectivity index (χ4v) is 4.68. The monoisotopic (exact) mass is 376 g/mol. The Labute approximate surface area is 153 Å². The van der Waals surface area contributed by atoms with Crippen molar-refractivity contribution in [3.8, 4) is 0 Å². The van der Waals surface area contributed by atoms with Gasteiger partial charge in [-0.25, -0.2) is 13.1 Å². The normalized spacial score (nSPS) is 20.7. The molecule has 1 saturated carbocycles. The first kappa shape index (κ1) is 18.6. The van der Waals surface area contributed by atoms with Crippen LogP contribution in [-0.2, 0) is 16.4 Å². The standard InChI is InChI=1S/C18H24N4O3S/c1-26(24,25)13-14-5-7-17(8-6-14)20-18(23)16-4-2-3-15(11-16)12-22-10-9-19-21-22/h2-4,9-11,14,17H,5-8,12-13H2,1H3,(H,20,23). The zero-order valence-corrected chi connectivity index (χ0v) is 15.7. The van der Waals surface area contributed by atoms with Crippen molar-refractivity contribution in [3.63, 3.8) is 0 Å². The number of rotatable bonds is 6. The first-order valence-electron chi connectivity index (χ1n) is 8.81. The molecule has 1 aliphatic rings. The zero-order valence-electron chi connectivity index (χ0n) is 14.8. The molecule has 0 aliphatic heterocycles. The van der Waals surface area contributed by atoms with Crippen molar-refractivity contribution in [2.75, 3.05) is 12.0 Å². The fourth-order valence-electron chi connectivity index (χ4n) is 3.49. The zero-order chi connectivity index (χ0) is 18.6. The van der Waals surface area contributed by atoms with Crippen LogP contribution in [0.5, 0.6) is 0 Å². The Morgan fingerprint density at radius 3 is 2.69 bits per heavy atom. The number of carbonyl (C=O) groups excluding carboxylic acids is 1. The second kappa shape index (κ2) is 7.99. The van der Waals surface area contributed by atoms with E-state index in [0.29, 0.717) is 12.1 Å². The predicted octanol–water partition coefficient (Wildman–Crippen LogP) is 1.66. The molecule has 3 rings (SSSR count). The molecule has 8 heteroatoms. The summed E-state index contributed by atoms with van der Waals surface area (Å²) < 4.78 is 24.5. The van der Waals surface area contributed by atoms with E-state index in [-0.39, 0.29) is 23.6 Å². The van der Waals surface area contributed by atoms with Gasteiger partial charge in [0, 0.05) is 24.1 Å². The molecule has 1 amide bonds. The third kappa shape index (κ3) is 5.39. The van der Waals surface area contributed by atoms with Crippen LogP contribution < -0.4 is 5.32 Å². The highest BCUT2D eigenvalue weighted by Gasteiger charge is 2.25. The topological polar surface area (TPSA) is 94.0 Å². The van der Waals surface area contributed by atoms with Crippen molar-refractivity contribution >= 4 is 15.7 Å². The summed E-state index contributed by atoms with van der Waals surface area (Å²) in [5, 5.41) is 10.8. The molecule has 1 N–H and O–H groups in total. The third-order valence-electron chi connectivity index (χ3n) is 4.73. The summed E-state index contributed by atoms with van der Waals surface area (Å²) in [5.74, 6) is 0.374. The minimum absolute atomic E-state index is 0.0861. The lowest BCUT2D eigenvalue weighted by Crippen LogP contribution is -2.38. The Kier molecular flexibility index (Phi) is 5.70. The molecule has 1 aromatic heterocycles. The highest BCUT2D eigenvalue weighted by atomic mass is 32.2. The van der Waals surface area contributed by atoms with E-state index in [9.17, 15) is 13.2 Å². The van der Waals surface area contributed by atoms with Gasteiger partial charge < -0.3 is 5.32 Å². The first-order valence-corrected chi connectivity index (χ1v) is 10.9. The number of hydrogen-bond donors (Lipinski definition) is 1. The Morgan fingerprint density at radius 1 is 1.27 bits per heavy atom. The minimum atomic E-state index is -2.93. The lowest BCUT2D eigenvalue weighted by atomic mass is 9.87. The SMILES string of the molecule is CS(=O)(=O)CC1CCC(NC(=O)c2cccc(Cn3ccnn3)c2)CC1. The van der Waals surface area contributed by atoms with Gasteiger partial charge in [-0.3, -0.25) is 4.79 Å². The largest absolute Gasteiger partial charge is 0.349 e. The van der Waals surface area contributed by atoms with Crippen molar-refractivity contribution < 1.29 is 13.2 Å². The molecule has 1 aromatic carbocycles. The van der Waals surface area contributed by atoms with Gasteiger partial charge in [0.05, 0.1) is 18.5 Å². The average molecular weight is 376 g/mol. The maximum absolute atomic E-state index is 12.5. The van der Waals surface area contributed by atoms with Gasteiger partial charge in [-0.15, -0.1) is 5.10 Å². The van der Waals surface area contributed by atoms with Gasteiger partial charge >= 0.3 is 0 Å². The van der Waals surface area contributed by atoms with Crippen LogP contribution in [0, 0.1) is 5.92 Å². The van der Waals surface area contributed by atoms with E-state index in [4.69, 9.17) is 0 Å². The molecule has 7 nitrogen and oxygen atoms in total. The van der Waals surface area contributed by atoms with Gasteiger partial charge in [-0.1, -0.05) is 17.3 Å². The van der Waals surface area contributed by atoms with Crippen LogP contribution >= 0.6 is 0 Å². The van der Waals surface area contributed by atoms with Crippen molar-refractivity contribution in [1.29, 1.82) is 0 Å². The minimum Gasteiger partial charge on any atom is -0.349 e. The molecular formula is C18H24N4O3S. The first-order chi connectivity index (χ1) is 12.4. The molecule has 0 radical (unpaired) electrons. The molecule has 0 atom stereocenters. The summed E-state index contributed by atoms with van der Waals surface area (Å²) in [4.78, 5) is 12.5. The maximum atomic E-state index is 12.5. The Balaban J connectivity index is 1.54. The Morgan fingerprint density at radius 2 is 2.04 bits per heavy atom. The van der Waals surface area contributed by atoms with Crippen molar-refractivity contribution in [1.82, 2.24) is 20.3 Å². The number of aromatic nitrogens is 3. The van der Waals surface area contributed by atoms with Crippen LogP contribution in [0.1, 0.15) is 41.6 Å². The van der Waals surface area contributed by atoms with Gasteiger partial charge in [-0.05, 0) is 49.3 Å². The summed E-state index contributed by atoms with van der Waals surface area (Å²) in [6, 6.07) is 7.60. The summed E-state index contributed by atoms with van der Waals surface area (Å²) in [7, 11) is -2.93. The number of hydrogen-bond acceptors (Lipinski definition) is 5. The van der Waals surface area contributed by atoms with Crippen molar-refractivity contribution in [2.24, 2.45) is 5.92 Å². The molecule has 0 bridgehead atoms. The molecule has 0 unspecified atom stereocenters. The highest BCUT2D eigenvalue weighted by molar-refractivity contribution is 7.90. The number of amides is 1. The molecule has 0 saturated heterocycles. The summed E-state index contributed by atoms with van der Waals surface area (Å²) in [6.07, 6.45) is 8.01. The van der Waals surface area contributed by atoms with Gasteiger partial charge in [0.15, 0.2) is 0 Å². The second-order valence-electron chi connectivity index (χ2n) is 7.08. The third-order valence-corrected chi connectivity index (χ3v) is 5.80. The molecule has 26 heavy (non-hydrogen) atoms. The fraction of sp³-hybridized carbons (Fsp3) is 0.500. The lowest BCUT2D eigenvalue weighted by molar-refractivity contribution is 0.0923. The van der Waals surface area contributed by atoms with Crippen molar-refractivity contribution in [3.05, 3.63) is 47.8 Å². The van der Waals surface area contributed by atoms with Crippen molar-refractivity contribution in [2.45, 2.75) is 38.3 Å². The van der Waals surface area contributed by atoms with Crippen LogP contribution in [0.15, 0.2) is 36.7 Å². The summed E-state index contributed by atoms with van der Waals surface area (Å²) in [5.41, 5.74) is 1.61. The van der Waals surface area contributed by atoms with E-state index in [2.05, 4.69) is 15.6 Å². The Bertz CT molecular complexity index is 841. The molecule has 2 aromatic rings. The van der Waals surface area contributed by atoms with E-state index in [1.807, 2.05) is 18.2 Å². The van der Waals surface area contributed by atoms with Crippen LogP contribution in [-0.4, -0.2) is 47.4 Å². The number of sulfone groups is 1. The van der Waals surface area contributed by atoms with E-state index in [1.165, 1.54) is 6.26 Å².